The fraction of sp³-hybridized carbons (Fsp3) is 0.0714. The minimum absolute atomic E-state index is 0.250. The number of hydrogen-bond donors (Lipinski definition) is 0. The van der Waals surface area contributed by atoms with E-state index in [0.717, 1.165) is 0 Å². The summed E-state index contributed by atoms with van der Waals surface area (Å²) >= 11 is 5.87. The van der Waals surface area contributed by atoms with Gasteiger partial charge in [0.05, 0.1) is 10.6 Å². The van der Waals surface area contributed by atoms with Gasteiger partial charge in [-0.05, 0) is 30.7 Å². The van der Waals surface area contributed by atoms with Crippen LogP contribution in [0.25, 0.3) is 0 Å². The van der Waals surface area contributed by atoms with E-state index in [1.807, 2.05) is 0 Å². The Morgan fingerprint density at radius 2 is 2.06 bits per heavy atom. The van der Waals surface area contributed by atoms with Gasteiger partial charge in [0.1, 0.15) is 17.3 Å². The zero-order chi connectivity index (χ0) is 13.1. The van der Waals surface area contributed by atoms with Crippen LogP contribution < -0.4 is 4.74 Å². The SMILES string of the molecule is Cc1ccc(Oc2cccc(Cl)c2C=O)cc1F. The number of ether oxygens (including phenoxy) is 1. The third-order valence-corrected chi connectivity index (χ3v) is 2.83. The average Bonchev–Trinajstić information content (AvgIpc) is 2.34. The van der Waals surface area contributed by atoms with Crippen molar-refractivity contribution in [2.45, 2.75) is 6.92 Å². The van der Waals surface area contributed by atoms with Crippen LogP contribution >= 0.6 is 11.6 Å². The van der Waals surface area contributed by atoms with Crippen molar-refractivity contribution in [2.24, 2.45) is 0 Å². The van der Waals surface area contributed by atoms with Crippen molar-refractivity contribution in [3.63, 3.8) is 0 Å². The highest BCUT2D eigenvalue weighted by atomic mass is 35.5. The number of aldehydes is 1. The molecule has 2 rings (SSSR count). The number of carbonyl (C=O) groups excluding carboxylic acids is 1. The lowest BCUT2D eigenvalue weighted by Crippen LogP contribution is -1.92. The molecule has 0 saturated heterocycles. The molecule has 0 aromatic heterocycles. The Hall–Kier alpha value is -1.87. The van der Waals surface area contributed by atoms with Crippen LogP contribution in [0.3, 0.4) is 0 Å². The number of benzene rings is 2. The second-order valence-corrected chi connectivity index (χ2v) is 4.19. The molecule has 0 saturated carbocycles. The van der Waals surface area contributed by atoms with E-state index in [0.29, 0.717) is 28.4 Å². The van der Waals surface area contributed by atoms with E-state index < -0.39 is 0 Å². The van der Waals surface area contributed by atoms with Gasteiger partial charge in [-0.1, -0.05) is 23.7 Å². The molecule has 2 aromatic carbocycles. The molecule has 0 N–H and O–H groups in total. The highest BCUT2D eigenvalue weighted by molar-refractivity contribution is 6.33. The molecule has 2 aromatic rings. The van der Waals surface area contributed by atoms with E-state index in [9.17, 15) is 9.18 Å². The Bertz CT molecular complexity index is 596. The number of halogens is 2. The third-order valence-electron chi connectivity index (χ3n) is 2.50. The van der Waals surface area contributed by atoms with Gasteiger partial charge in [-0.15, -0.1) is 0 Å². The molecule has 4 heteroatoms. The maximum atomic E-state index is 13.4. The van der Waals surface area contributed by atoms with Crippen LogP contribution in [0, 0.1) is 12.7 Å². The first-order chi connectivity index (χ1) is 8.61. The standard InChI is InChI=1S/C14H10ClFO2/c1-9-5-6-10(7-13(9)16)18-14-4-2-3-12(15)11(14)8-17/h2-8H,1H3. The Morgan fingerprint density at radius 1 is 1.28 bits per heavy atom. The van der Waals surface area contributed by atoms with Gasteiger partial charge in [-0.2, -0.15) is 0 Å². The maximum absolute atomic E-state index is 13.4. The summed E-state index contributed by atoms with van der Waals surface area (Å²) in [5.74, 6) is 0.270. The quantitative estimate of drug-likeness (QED) is 0.769. The van der Waals surface area contributed by atoms with Gasteiger partial charge < -0.3 is 4.74 Å². The van der Waals surface area contributed by atoms with E-state index in [-0.39, 0.29) is 11.4 Å². The topological polar surface area (TPSA) is 26.3 Å². The highest BCUT2D eigenvalue weighted by Gasteiger charge is 2.09. The first kappa shape index (κ1) is 12.6. The summed E-state index contributed by atoms with van der Waals surface area (Å²) in [7, 11) is 0. The predicted molar refractivity (Wildman–Crippen MR) is 68.1 cm³/mol. The number of aryl methyl sites for hydroxylation is 1. The number of hydrogen-bond acceptors (Lipinski definition) is 2. The molecule has 92 valence electrons. The zero-order valence-corrected chi connectivity index (χ0v) is 10.4. The molecule has 0 heterocycles. The predicted octanol–water partition coefficient (Wildman–Crippen LogP) is 4.39. The molecule has 0 spiro atoms. The van der Waals surface area contributed by atoms with Crippen molar-refractivity contribution in [1.29, 1.82) is 0 Å². The van der Waals surface area contributed by atoms with Crippen LogP contribution in [-0.4, -0.2) is 6.29 Å². The molecule has 0 atom stereocenters. The molecule has 0 bridgehead atoms. The van der Waals surface area contributed by atoms with Crippen LogP contribution in [0.5, 0.6) is 11.5 Å². The molecule has 2 nitrogen and oxygen atoms in total. The lowest BCUT2D eigenvalue weighted by Gasteiger charge is -2.09. The molecular formula is C14H10ClFO2. The molecule has 0 unspecified atom stereocenters. The molecule has 0 aliphatic rings. The second kappa shape index (κ2) is 5.19. The summed E-state index contributed by atoms with van der Waals surface area (Å²) in [6.07, 6.45) is 0.613. The molecule has 0 aliphatic heterocycles. The van der Waals surface area contributed by atoms with Crippen LogP contribution in [0.4, 0.5) is 4.39 Å². The van der Waals surface area contributed by atoms with Gasteiger partial charge in [0.15, 0.2) is 6.29 Å². The summed E-state index contributed by atoms with van der Waals surface area (Å²) < 4.78 is 18.8. The number of carbonyl (C=O) groups is 1. The largest absolute Gasteiger partial charge is 0.456 e. The Morgan fingerprint density at radius 3 is 2.72 bits per heavy atom. The van der Waals surface area contributed by atoms with Crippen molar-refractivity contribution in [3.05, 3.63) is 58.4 Å². The van der Waals surface area contributed by atoms with E-state index in [1.165, 1.54) is 6.07 Å². The molecule has 0 aliphatic carbocycles. The number of rotatable bonds is 3. The Kier molecular flexibility index (Phi) is 3.63. The Balaban J connectivity index is 2.36. The van der Waals surface area contributed by atoms with Gasteiger partial charge in [0, 0.05) is 6.07 Å². The first-order valence-corrected chi connectivity index (χ1v) is 5.67. The fourth-order valence-electron chi connectivity index (χ4n) is 1.48. The average molecular weight is 265 g/mol. The second-order valence-electron chi connectivity index (χ2n) is 3.78. The summed E-state index contributed by atoms with van der Waals surface area (Å²) in [5.41, 5.74) is 0.782. The van der Waals surface area contributed by atoms with Crippen molar-refractivity contribution in [1.82, 2.24) is 0 Å². The zero-order valence-electron chi connectivity index (χ0n) is 9.61. The van der Waals surface area contributed by atoms with Gasteiger partial charge in [0.25, 0.3) is 0 Å². The fourth-order valence-corrected chi connectivity index (χ4v) is 1.70. The summed E-state index contributed by atoms with van der Waals surface area (Å²) in [4.78, 5) is 10.9. The minimum atomic E-state index is -0.359. The minimum Gasteiger partial charge on any atom is -0.456 e. The van der Waals surface area contributed by atoms with Crippen LogP contribution in [0.15, 0.2) is 36.4 Å². The highest BCUT2D eigenvalue weighted by Crippen LogP contribution is 2.29. The Labute approximate surface area is 109 Å². The monoisotopic (exact) mass is 264 g/mol. The lowest BCUT2D eigenvalue weighted by molar-refractivity contribution is 0.112. The lowest BCUT2D eigenvalue weighted by atomic mass is 10.2. The third kappa shape index (κ3) is 2.51. The summed E-state index contributed by atoms with van der Waals surface area (Å²) in [6, 6.07) is 9.37. The van der Waals surface area contributed by atoms with E-state index in [2.05, 4.69) is 0 Å². The van der Waals surface area contributed by atoms with Gasteiger partial charge in [0.2, 0.25) is 0 Å². The van der Waals surface area contributed by atoms with Crippen molar-refractivity contribution < 1.29 is 13.9 Å². The molecule has 18 heavy (non-hydrogen) atoms. The van der Waals surface area contributed by atoms with Gasteiger partial charge in [-0.25, -0.2) is 4.39 Å². The van der Waals surface area contributed by atoms with Gasteiger partial charge >= 0.3 is 0 Å². The summed E-state index contributed by atoms with van der Waals surface area (Å²) in [6.45, 7) is 1.66. The maximum Gasteiger partial charge on any atom is 0.155 e. The van der Waals surface area contributed by atoms with E-state index in [4.69, 9.17) is 16.3 Å². The molecule has 0 fully saturated rings. The van der Waals surface area contributed by atoms with Crippen molar-refractivity contribution in [3.8, 4) is 11.5 Å². The van der Waals surface area contributed by atoms with E-state index >= 15 is 0 Å². The molecule has 0 radical (unpaired) electrons. The van der Waals surface area contributed by atoms with Crippen LogP contribution in [0.1, 0.15) is 15.9 Å². The first-order valence-electron chi connectivity index (χ1n) is 5.29. The van der Waals surface area contributed by atoms with Crippen molar-refractivity contribution in [2.75, 3.05) is 0 Å². The summed E-state index contributed by atoms with van der Waals surface area (Å²) in [5, 5.41) is 0.301. The van der Waals surface area contributed by atoms with Gasteiger partial charge in [-0.3, -0.25) is 4.79 Å². The van der Waals surface area contributed by atoms with Crippen molar-refractivity contribution >= 4 is 17.9 Å². The van der Waals surface area contributed by atoms with Crippen LogP contribution in [-0.2, 0) is 0 Å². The molecular weight excluding hydrogens is 255 g/mol. The van der Waals surface area contributed by atoms with Crippen LogP contribution in [0.2, 0.25) is 5.02 Å². The normalized spacial score (nSPS) is 10.2. The smallest absolute Gasteiger partial charge is 0.155 e. The van der Waals surface area contributed by atoms with E-state index in [1.54, 1.807) is 37.3 Å². The molecule has 0 amide bonds.